The van der Waals surface area contributed by atoms with E-state index in [0.29, 0.717) is 12.3 Å². The highest BCUT2D eigenvalue weighted by molar-refractivity contribution is 7.86. The summed E-state index contributed by atoms with van der Waals surface area (Å²) >= 11 is 0. The third-order valence-electron chi connectivity index (χ3n) is 4.43. The van der Waals surface area contributed by atoms with Gasteiger partial charge in [0.2, 0.25) is 0 Å². The lowest BCUT2D eigenvalue weighted by Gasteiger charge is -2.33. The zero-order chi connectivity index (χ0) is 16.2. The summed E-state index contributed by atoms with van der Waals surface area (Å²) in [6.07, 6.45) is 5.35. The van der Waals surface area contributed by atoms with Gasteiger partial charge in [0.1, 0.15) is 5.75 Å². The maximum Gasteiger partial charge on any atom is 0.282 e. The van der Waals surface area contributed by atoms with Gasteiger partial charge in [0.15, 0.2) is 0 Å². The Morgan fingerprint density at radius 1 is 1.14 bits per heavy atom. The molecule has 1 saturated carbocycles. The highest BCUT2D eigenvalue weighted by atomic mass is 32.2. The van der Waals surface area contributed by atoms with E-state index < -0.39 is 10.2 Å². The monoisotopic (exact) mass is 326 g/mol. The second-order valence-electron chi connectivity index (χ2n) is 5.88. The molecule has 1 aliphatic rings. The van der Waals surface area contributed by atoms with Crippen molar-refractivity contribution in [3.05, 3.63) is 29.8 Å². The van der Waals surface area contributed by atoms with Crippen molar-refractivity contribution < 1.29 is 13.2 Å². The first kappa shape index (κ1) is 17.2. The summed E-state index contributed by atoms with van der Waals surface area (Å²) in [6, 6.07) is 7.64. The fourth-order valence-electron chi connectivity index (χ4n) is 3.01. The van der Waals surface area contributed by atoms with E-state index in [-0.39, 0.29) is 6.04 Å². The topological polar surface area (TPSA) is 49.9 Å². The fourth-order valence-corrected chi connectivity index (χ4v) is 4.34. The van der Waals surface area contributed by atoms with Gasteiger partial charge in [-0.1, -0.05) is 37.5 Å². The van der Waals surface area contributed by atoms with E-state index in [1.165, 1.54) is 10.7 Å². The molecule has 0 amide bonds. The molecule has 0 saturated heterocycles. The molecule has 0 bridgehead atoms. The molecule has 22 heavy (non-hydrogen) atoms. The summed E-state index contributed by atoms with van der Waals surface area (Å²) in [5.74, 6) is 0.713. The maximum absolute atomic E-state index is 12.7. The van der Waals surface area contributed by atoms with Crippen LogP contribution in [0, 0.1) is 0 Å². The van der Waals surface area contributed by atoms with Gasteiger partial charge in [-0.15, -0.1) is 0 Å². The molecular formula is C16H26N2O3S. The molecule has 6 heteroatoms. The zero-order valence-electron chi connectivity index (χ0n) is 13.7. The minimum absolute atomic E-state index is 0.124. The van der Waals surface area contributed by atoms with Crippen LogP contribution >= 0.6 is 0 Å². The Kier molecular flexibility index (Phi) is 5.83. The Balaban J connectivity index is 2.11. The van der Waals surface area contributed by atoms with Crippen molar-refractivity contribution in [1.82, 2.24) is 8.61 Å². The third kappa shape index (κ3) is 3.80. The van der Waals surface area contributed by atoms with E-state index in [1.54, 1.807) is 25.5 Å². The average molecular weight is 326 g/mol. The Bertz CT molecular complexity index is 583. The number of ether oxygens (including phenoxy) is 1. The fraction of sp³-hybridized carbons (Fsp3) is 0.625. The van der Waals surface area contributed by atoms with Gasteiger partial charge in [-0.2, -0.15) is 17.0 Å². The van der Waals surface area contributed by atoms with Crippen molar-refractivity contribution in [2.45, 2.75) is 44.7 Å². The Morgan fingerprint density at radius 3 is 2.41 bits per heavy atom. The molecule has 1 fully saturated rings. The van der Waals surface area contributed by atoms with Crippen LogP contribution in [0.25, 0.3) is 0 Å². The van der Waals surface area contributed by atoms with Gasteiger partial charge in [0.05, 0.1) is 7.11 Å². The lowest BCUT2D eigenvalue weighted by molar-refractivity contribution is 0.267. The third-order valence-corrected chi connectivity index (χ3v) is 6.38. The number of hydrogen-bond acceptors (Lipinski definition) is 3. The van der Waals surface area contributed by atoms with E-state index in [2.05, 4.69) is 0 Å². The van der Waals surface area contributed by atoms with Gasteiger partial charge in [0.25, 0.3) is 10.2 Å². The normalized spacial score (nSPS) is 17.1. The highest BCUT2D eigenvalue weighted by Gasteiger charge is 2.31. The van der Waals surface area contributed by atoms with Crippen molar-refractivity contribution in [2.75, 3.05) is 21.2 Å². The maximum atomic E-state index is 12.7. The van der Waals surface area contributed by atoms with Crippen molar-refractivity contribution >= 4 is 10.2 Å². The van der Waals surface area contributed by atoms with E-state index in [0.717, 1.165) is 31.2 Å². The second-order valence-corrected chi connectivity index (χ2v) is 7.98. The summed E-state index contributed by atoms with van der Waals surface area (Å²) in [5, 5.41) is 0. The lowest BCUT2D eigenvalue weighted by Crippen LogP contribution is -2.45. The zero-order valence-corrected chi connectivity index (χ0v) is 14.5. The lowest BCUT2D eigenvalue weighted by atomic mass is 9.96. The number of nitrogens with zero attached hydrogens (tertiary/aromatic N) is 2. The molecule has 0 aliphatic heterocycles. The van der Waals surface area contributed by atoms with Gasteiger partial charge in [-0.25, -0.2) is 0 Å². The van der Waals surface area contributed by atoms with Gasteiger partial charge < -0.3 is 4.74 Å². The number of hydrogen-bond donors (Lipinski definition) is 0. The molecule has 2 rings (SSSR count). The van der Waals surface area contributed by atoms with Crippen molar-refractivity contribution in [2.24, 2.45) is 0 Å². The van der Waals surface area contributed by atoms with Crippen molar-refractivity contribution in [3.63, 3.8) is 0 Å². The van der Waals surface area contributed by atoms with Gasteiger partial charge in [-0.05, 0) is 18.9 Å². The van der Waals surface area contributed by atoms with Crippen LogP contribution in [0.4, 0.5) is 0 Å². The molecule has 0 atom stereocenters. The number of methoxy groups -OCH3 is 1. The molecule has 5 nitrogen and oxygen atoms in total. The first-order valence-electron chi connectivity index (χ1n) is 7.78. The summed E-state index contributed by atoms with van der Waals surface area (Å²) in [4.78, 5) is 0. The van der Waals surface area contributed by atoms with E-state index in [9.17, 15) is 8.42 Å². The van der Waals surface area contributed by atoms with Crippen LogP contribution < -0.4 is 4.74 Å². The Labute approximate surface area is 134 Å². The van der Waals surface area contributed by atoms with Crippen LogP contribution in [-0.2, 0) is 16.8 Å². The Hall–Kier alpha value is -1.11. The Morgan fingerprint density at radius 2 is 1.77 bits per heavy atom. The van der Waals surface area contributed by atoms with E-state index in [4.69, 9.17) is 4.74 Å². The molecule has 1 aromatic rings. The standard InChI is InChI=1S/C16H26N2O3S/c1-17(13-14-9-7-8-12-16(14)21-3)22(19,20)18(2)15-10-5-4-6-11-15/h7-9,12,15H,4-6,10-11,13H2,1-3H3. The first-order chi connectivity index (χ1) is 10.5. The molecule has 0 unspecified atom stereocenters. The SMILES string of the molecule is COc1ccccc1CN(C)S(=O)(=O)N(C)C1CCCCC1. The van der Waals surface area contributed by atoms with Crippen LogP contribution in [0.5, 0.6) is 5.75 Å². The largest absolute Gasteiger partial charge is 0.496 e. The minimum atomic E-state index is -3.45. The average Bonchev–Trinajstić information content (AvgIpc) is 2.55. The summed E-state index contributed by atoms with van der Waals surface area (Å²) < 4.78 is 33.7. The van der Waals surface area contributed by atoms with Crippen molar-refractivity contribution in [1.29, 1.82) is 0 Å². The smallest absolute Gasteiger partial charge is 0.282 e. The molecule has 0 N–H and O–H groups in total. The van der Waals surface area contributed by atoms with Crippen molar-refractivity contribution in [3.8, 4) is 5.75 Å². The second kappa shape index (κ2) is 7.44. The van der Waals surface area contributed by atoms with Gasteiger partial charge in [-0.3, -0.25) is 0 Å². The molecular weight excluding hydrogens is 300 g/mol. The minimum Gasteiger partial charge on any atom is -0.496 e. The number of rotatable bonds is 6. The van der Waals surface area contributed by atoms with Crippen LogP contribution in [0.3, 0.4) is 0 Å². The van der Waals surface area contributed by atoms with E-state index >= 15 is 0 Å². The molecule has 1 aromatic carbocycles. The summed E-state index contributed by atoms with van der Waals surface area (Å²) in [5.41, 5.74) is 0.869. The summed E-state index contributed by atoms with van der Waals surface area (Å²) in [7, 11) is 1.47. The van der Waals surface area contributed by atoms with Crippen LogP contribution in [0.1, 0.15) is 37.7 Å². The predicted octanol–water partition coefficient (Wildman–Crippen LogP) is 2.64. The van der Waals surface area contributed by atoms with Crippen LogP contribution in [0.15, 0.2) is 24.3 Å². The number of para-hydroxylation sites is 1. The van der Waals surface area contributed by atoms with Gasteiger partial charge >= 0.3 is 0 Å². The highest BCUT2D eigenvalue weighted by Crippen LogP contribution is 2.26. The first-order valence-corrected chi connectivity index (χ1v) is 9.17. The van der Waals surface area contributed by atoms with E-state index in [1.807, 2.05) is 24.3 Å². The summed E-state index contributed by atoms with van der Waals surface area (Å²) in [6.45, 7) is 0.309. The molecule has 0 heterocycles. The molecule has 0 spiro atoms. The van der Waals surface area contributed by atoms with Crippen LogP contribution in [-0.4, -0.2) is 44.3 Å². The quantitative estimate of drug-likeness (QED) is 0.807. The predicted molar refractivity (Wildman–Crippen MR) is 88.0 cm³/mol. The number of benzene rings is 1. The molecule has 0 aromatic heterocycles. The molecule has 0 radical (unpaired) electrons. The molecule has 124 valence electrons. The molecule has 1 aliphatic carbocycles. The van der Waals surface area contributed by atoms with Crippen LogP contribution in [0.2, 0.25) is 0 Å². The van der Waals surface area contributed by atoms with Gasteiger partial charge in [0, 0.05) is 32.2 Å².